The number of carboxylic acid groups (broad SMARTS) is 1. The first kappa shape index (κ1) is 14.0. The number of carbonyl (C=O) groups excluding carboxylic acids is 2. The second kappa shape index (κ2) is 5.73. The van der Waals surface area contributed by atoms with Gasteiger partial charge >= 0.3 is 0 Å². The van der Waals surface area contributed by atoms with Crippen molar-refractivity contribution in [2.24, 2.45) is 0 Å². The second-order valence-corrected chi connectivity index (χ2v) is 5.81. The molecule has 1 heterocycles. The highest BCUT2D eigenvalue weighted by Gasteiger charge is 2.31. The van der Waals surface area contributed by atoms with Crippen LogP contribution in [-0.4, -0.2) is 27.6 Å². The molecule has 1 saturated heterocycles. The maximum Gasteiger partial charge on any atom is 0.266 e. The predicted octanol–water partition coefficient (Wildman–Crippen LogP) is 1.29. The van der Waals surface area contributed by atoms with Crippen LogP contribution in [0.2, 0.25) is 5.02 Å². The zero-order chi connectivity index (χ0) is 14.0. The van der Waals surface area contributed by atoms with E-state index >= 15 is 0 Å². The van der Waals surface area contributed by atoms with Crippen LogP contribution in [0.15, 0.2) is 29.2 Å². The van der Waals surface area contributed by atoms with Crippen molar-refractivity contribution >= 4 is 57.9 Å². The van der Waals surface area contributed by atoms with E-state index in [-0.39, 0.29) is 4.32 Å². The van der Waals surface area contributed by atoms with Crippen LogP contribution in [-0.2, 0) is 9.59 Å². The molecule has 0 saturated carbocycles. The smallest absolute Gasteiger partial charge is 0.266 e. The van der Waals surface area contributed by atoms with Crippen molar-refractivity contribution in [3.8, 4) is 0 Å². The van der Waals surface area contributed by atoms with Gasteiger partial charge in [0.15, 0.2) is 0 Å². The Labute approximate surface area is 124 Å². The average molecular weight is 313 g/mol. The Morgan fingerprint density at radius 1 is 1.53 bits per heavy atom. The zero-order valence-corrected chi connectivity index (χ0v) is 11.8. The summed E-state index contributed by atoms with van der Waals surface area (Å²) in [6.07, 6.45) is 1.63. The Morgan fingerprint density at radius 2 is 2.26 bits per heavy atom. The summed E-state index contributed by atoms with van der Waals surface area (Å²) in [5, 5.41) is 11.1. The second-order valence-electron chi connectivity index (χ2n) is 3.69. The number of rotatable bonds is 3. The van der Waals surface area contributed by atoms with Crippen molar-refractivity contribution in [2.45, 2.75) is 0 Å². The minimum absolute atomic E-state index is 0.211. The van der Waals surface area contributed by atoms with E-state index in [2.05, 4.69) is 0 Å². The number of hydrogen-bond acceptors (Lipinski definition) is 5. The van der Waals surface area contributed by atoms with E-state index in [0.29, 0.717) is 9.93 Å². The number of carboxylic acids is 1. The van der Waals surface area contributed by atoms with Crippen molar-refractivity contribution in [3.63, 3.8) is 0 Å². The van der Waals surface area contributed by atoms with E-state index in [9.17, 15) is 14.7 Å². The number of thioether (sulfide) groups is 1. The van der Waals surface area contributed by atoms with Crippen LogP contribution in [0.5, 0.6) is 0 Å². The molecule has 98 valence electrons. The molecular formula is C12H7ClNO3S2-. The minimum atomic E-state index is -1.35. The first-order valence-electron chi connectivity index (χ1n) is 5.18. The Bertz CT molecular complexity index is 600. The molecule has 1 fully saturated rings. The summed E-state index contributed by atoms with van der Waals surface area (Å²) in [7, 11) is 0. The highest BCUT2D eigenvalue weighted by molar-refractivity contribution is 8.26. The Morgan fingerprint density at radius 3 is 2.89 bits per heavy atom. The van der Waals surface area contributed by atoms with Crippen LogP contribution in [0, 0.1) is 0 Å². The fraction of sp³-hybridized carbons (Fsp3) is 0.0833. The third-order valence-electron chi connectivity index (χ3n) is 2.31. The lowest BCUT2D eigenvalue weighted by molar-refractivity contribution is -0.305. The lowest BCUT2D eigenvalue weighted by Gasteiger charge is -2.14. The fourth-order valence-corrected chi connectivity index (χ4v) is 2.97. The topological polar surface area (TPSA) is 60.4 Å². The van der Waals surface area contributed by atoms with Crippen LogP contribution >= 0.6 is 35.6 Å². The molecule has 0 aliphatic carbocycles. The Balaban J connectivity index is 2.25. The first-order valence-corrected chi connectivity index (χ1v) is 6.78. The number of amides is 1. The fourth-order valence-electron chi connectivity index (χ4n) is 1.51. The molecule has 4 nitrogen and oxygen atoms in total. The van der Waals surface area contributed by atoms with Gasteiger partial charge in [-0.1, -0.05) is 47.7 Å². The normalized spacial score (nSPS) is 17.3. The summed E-state index contributed by atoms with van der Waals surface area (Å²) >= 11 is 11.9. The molecule has 1 aliphatic rings. The maximum atomic E-state index is 12.0. The van der Waals surface area contributed by atoms with E-state index in [1.54, 1.807) is 30.3 Å². The van der Waals surface area contributed by atoms with Crippen LogP contribution in [0.4, 0.5) is 0 Å². The van der Waals surface area contributed by atoms with E-state index in [4.69, 9.17) is 23.8 Å². The quantitative estimate of drug-likeness (QED) is 0.622. The summed E-state index contributed by atoms with van der Waals surface area (Å²) in [6, 6.07) is 6.97. The molecule has 0 spiro atoms. The number of nitrogens with zero attached hydrogens (tertiary/aromatic N) is 1. The minimum Gasteiger partial charge on any atom is -0.548 e. The van der Waals surface area contributed by atoms with Crippen molar-refractivity contribution in [1.29, 1.82) is 0 Å². The van der Waals surface area contributed by atoms with E-state index in [1.807, 2.05) is 0 Å². The lowest BCUT2D eigenvalue weighted by Crippen LogP contribution is -2.40. The van der Waals surface area contributed by atoms with E-state index < -0.39 is 18.4 Å². The molecule has 0 radical (unpaired) electrons. The molecular weight excluding hydrogens is 306 g/mol. The van der Waals surface area contributed by atoms with E-state index in [1.165, 1.54) is 0 Å². The van der Waals surface area contributed by atoms with Crippen molar-refractivity contribution < 1.29 is 14.7 Å². The molecule has 0 unspecified atom stereocenters. The standard InChI is InChI=1S/C12H8ClNO3S2/c13-8-3-1-2-7(4-8)5-9-11(17)14(6-10(15)16)12(18)19-9/h1-5H,6H2,(H,15,16)/p-1/b9-5+. The molecule has 0 N–H and O–H groups in total. The third kappa shape index (κ3) is 3.34. The maximum absolute atomic E-state index is 12.0. The summed E-state index contributed by atoms with van der Waals surface area (Å²) in [5.41, 5.74) is 0.751. The van der Waals surface area contributed by atoms with Gasteiger partial charge < -0.3 is 9.90 Å². The van der Waals surface area contributed by atoms with Gasteiger partial charge in [0, 0.05) is 5.02 Å². The molecule has 1 amide bonds. The van der Waals surface area contributed by atoms with Gasteiger partial charge in [-0.15, -0.1) is 0 Å². The van der Waals surface area contributed by atoms with Crippen LogP contribution in [0.1, 0.15) is 5.56 Å². The highest BCUT2D eigenvalue weighted by atomic mass is 35.5. The molecule has 19 heavy (non-hydrogen) atoms. The number of thiocarbonyl (C=S) groups is 1. The zero-order valence-electron chi connectivity index (χ0n) is 9.46. The number of aliphatic carboxylic acids is 1. The number of carbonyl (C=O) groups is 2. The summed E-state index contributed by atoms with van der Waals surface area (Å²) in [4.78, 5) is 23.9. The van der Waals surface area contributed by atoms with Gasteiger partial charge in [-0.2, -0.15) is 0 Å². The lowest BCUT2D eigenvalue weighted by atomic mass is 10.2. The third-order valence-corrected chi connectivity index (χ3v) is 3.92. The number of hydrogen-bond donors (Lipinski definition) is 0. The summed E-state index contributed by atoms with van der Waals surface area (Å²) in [6.45, 7) is -0.530. The van der Waals surface area contributed by atoms with Gasteiger partial charge in [0.1, 0.15) is 4.32 Å². The van der Waals surface area contributed by atoms with Gasteiger partial charge in [-0.25, -0.2) is 0 Å². The summed E-state index contributed by atoms with van der Waals surface area (Å²) in [5.74, 6) is -1.78. The molecule has 1 aromatic carbocycles. The van der Waals surface area contributed by atoms with E-state index in [0.717, 1.165) is 22.2 Å². The number of benzene rings is 1. The Kier molecular flexibility index (Phi) is 4.24. The van der Waals surface area contributed by atoms with Crippen LogP contribution in [0.3, 0.4) is 0 Å². The van der Waals surface area contributed by atoms with Gasteiger partial charge in [-0.05, 0) is 23.8 Å². The molecule has 0 bridgehead atoms. The predicted molar refractivity (Wildman–Crippen MR) is 76.3 cm³/mol. The molecule has 0 atom stereocenters. The van der Waals surface area contributed by atoms with Gasteiger partial charge in [0.25, 0.3) is 5.91 Å². The van der Waals surface area contributed by atoms with Crippen molar-refractivity contribution in [2.75, 3.05) is 6.54 Å². The van der Waals surface area contributed by atoms with Gasteiger partial charge in [0.2, 0.25) is 0 Å². The molecule has 2 rings (SSSR count). The largest absolute Gasteiger partial charge is 0.548 e. The van der Waals surface area contributed by atoms with Gasteiger partial charge in [-0.3, -0.25) is 9.69 Å². The highest BCUT2D eigenvalue weighted by Crippen LogP contribution is 2.32. The number of halogens is 1. The first-order chi connectivity index (χ1) is 8.97. The van der Waals surface area contributed by atoms with Crippen molar-refractivity contribution in [1.82, 2.24) is 4.90 Å². The summed E-state index contributed by atoms with van der Waals surface area (Å²) < 4.78 is 0.211. The Hall–Kier alpha value is -1.37. The van der Waals surface area contributed by atoms with Crippen LogP contribution in [0.25, 0.3) is 6.08 Å². The average Bonchev–Trinajstić information content (AvgIpc) is 2.57. The van der Waals surface area contributed by atoms with Crippen LogP contribution < -0.4 is 5.11 Å². The molecule has 7 heteroatoms. The molecule has 1 aliphatic heterocycles. The van der Waals surface area contributed by atoms with Crippen molar-refractivity contribution in [3.05, 3.63) is 39.8 Å². The SMILES string of the molecule is O=C([O-])CN1C(=O)/C(=C\c2cccc(Cl)c2)SC1=S. The molecule has 1 aromatic rings. The van der Waals surface area contributed by atoms with Gasteiger partial charge in [0.05, 0.1) is 17.4 Å². The molecule has 0 aromatic heterocycles. The monoisotopic (exact) mass is 312 g/mol.